The van der Waals surface area contributed by atoms with Gasteiger partial charge in [0, 0.05) is 6.26 Å². The number of aryl methyl sites for hydroxylation is 1. The summed E-state index contributed by atoms with van der Waals surface area (Å²) < 4.78 is 22.2. The molecule has 0 fully saturated rings. The summed E-state index contributed by atoms with van der Waals surface area (Å²) in [6, 6.07) is 7.68. The second-order valence-electron chi connectivity index (χ2n) is 3.78. The first kappa shape index (κ1) is 12.2. The van der Waals surface area contributed by atoms with Crippen LogP contribution in [0.5, 0.6) is 0 Å². The van der Waals surface area contributed by atoms with Crippen molar-refractivity contribution >= 4 is 9.84 Å². The standard InChI is InChI=1S/C11H17NO2S/c1-15(13,14)9-11-5-2-4-10(8-11)6-3-7-12/h2,4-5,8H,3,6-7,9,12H2,1H3. The molecule has 1 rings (SSSR count). The Balaban J connectivity index is 2.74. The maximum absolute atomic E-state index is 11.1. The molecule has 1 aromatic rings. The van der Waals surface area contributed by atoms with E-state index in [1.807, 2.05) is 24.3 Å². The highest BCUT2D eigenvalue weighted by Gasteiger charge is 2.04. The van der Waals surface area contributed by atoms with Crippen molar-refractivity contribution in [2.45, 2.75) is 18.6 Å². The smallest absolute Gasteiger partial charge is 0.151 e. The van der Waals surface area contributed by atoms with Gasteiger partial charge in [-0.2, -0.15) is 0 Å². The quantitative estimate of drug-likeness (QED) is 0.820. The van der Waals surface area contributed by atoms with Crippen LogP contribution in [0.4, 0.5) is 0 Å². The number of nitrogens with two attached hydrogens (primary N) is 1. The lowest BCUT2D eigenvalue weighted by Crippen LogP contribution is -2.03. The third-order valence-corrected chi connectivity index (χ3v) is 2.95. The summed E-state index contributed by atoms with van der Waals surface area (Å²) in [6.45, 7) is 0.663. The van der Waals surface area contributed by atoms with Gasteiger partial charge in [-0.05, 0) is 30.5 Å². The Kier molecular flexibility index (Phi) is 4.29. The van der Waals surface area contributed by atoms with E-state index in [0.29, 0.717) is 6.54 Å². The van der Waals surface area contributed by atoms with Crippen molar-refractivity contribution in [3.63, 3.8) is 0 Å². The molecule has 0 aromatic heterocycles. The normalized spacial score (nSPS) is 11.6. The average molecular weight is 227 g/mol. The molecule has 0 heterocycles. The van der Waals surface area contributed by atoms with Crippen molar-refractivity contribution in [2.24, 2.45) is 5.73 Å². The molecule has 0 bridgehead atoms. The van der Waals surface area contributed by atoms with Gasteiger partial charge in [-0.3, -0.25) is 0 Å². The minimum atomic E-state index is -2.94. The van der Waals surface area contributed by atoms with Crippen molar-refractivity contribution in [1.29, 1.82) is 0 Å². The fourth-order valence-electron chi connectivity index (χ4n) is 1.48. The highest BCUT2D eigenvalue weighted by molar-refractivity contribution is 7.89. The van der Waals surface area contributed by atoms with Crippen LogP contribution in [-0.2, 0) is 22.0 Å². The maximum atomic E-state index is 11.1. The van der Waals surface area contributed by atoms with E-state index in [2.05, 4.69) is 0 Å². The number of rotatable bonds is 5. The predicted octanol–water partition coefficient (Wildman–Crippen LogP) is 1.12. The van der Waals surface area contributed by atoms with E-state index >= 15 is 0 Å². The molecular weight excluding hydrogens is 210 g/mol. The van der Waals surface area contributed by atoms with Crippen molar-refractivity contribution in [3.8, 4) is 0 Å². The highest BCUT2D eigenvalue weighted by Crippen LogP contribution is 2.10. The Morgan fingerprint density at radius 3 is 2.53 bits per heavy atom. The van der Waals surface area contributed by atoms with Crippen LogP contribution in [-0.4, -0.2) is 21.2 Å². The number of hydrogen-bond acceptors (Lipinski definition) is 3. The molecule has 0 atom stereocenters. The third-order valence-electron chi connectivity index (χ3n) is 2.09. The Morgan fingerprint density at radius 1 is 1.27 bits per heavy atom. The van der Waals surface area contributed by atoms with Crippen LogP contribution in [0.15, 0.2) is 24.3 Å². The summed E-state index contributed by atoms with van der Waals surface area (Å²) >= 11 is 0. The number of sulfone groups is 1. The van der Waals surface area contributed by atoms with Gasteiger partial charge in [0.15, 0.2) is 9.84 Å². The van der Waals surface area contributed by atoms with Gasteiger partial charge in [-0.25, -0.2) is 8.42 Å². The summed E-state index contributed by atoms with van der Waals surface area (Å²) in [5.74, 6) is 0.115. The summed E-state index contributed by atoms with van der Waals surface area (Å²) in [5, 5.41) is 0. The molecule has 4 heteroatoms. The molecule has 0 aliphatic heterocycles. The molecule has 1 aromatic carbocycles. The average Bonchev–Trinajstić information content (AvgIpc) is 2.12. The summed E-state index contributed by atoms with van der Waals surface area (Å²) in [6.07, 6.45) is 3.09. The van der Waals surface area contributed by atoms with Gasteiger partial charge >= 0.3 is 0 Å². The Hall–Kier alpha value is -0.870. The Bertz CT molecular complexity index is 412. The number of benzene rings is 1. The van der Waals surface area contributed by atoms with E-state index in [-0.39, 0.29) is 5.75 Å². The minimum absolute atomic E-state index is 0.115. The van der Waals surface area contributed by atoms with Gasteiger partial charge in [0.25, 0.3) is 0 Å². The van der Waals surface area contributed by atoms with Gasteiger partial charge in [-0.1, -0.05) is 24.3 Å². The Morgan fingerprint density at radius 2 is 1.93 bits per heavy atom. The van der Waals surface area contributed by atoms with Gasteiger partial charge in [-0.15, -0.1) is 0 Å². The van der Waals surface area contributed by atoms with Crippen LogP contribution in [0.25, 0.3) is 0 Å². The molecule has 0 amide bonds. The Labute approximate surface area is 91.2 Å². The molecule has 2 N–H and O–H groups in total. The topological polar surface area (TPSA) is 60.2 Å². The summed E-state index contributed by atoms with van der Waals surface area (Å²) in [5.41, 5.74) is 7.43. The molecule has 0 radical (unpaired) electrons. The van der Waals surface area contributed by atoms with E-state index in [0.717, 1.165) is 24.0 Å². The van der Waals surface area contributed by atoms with Crippen molar-refractivity contribution in [3.05, 3.63) is 35.4 Å². The maximum Gasteiger partial charge on any atom is 0.151 e. The van der Waals surface area contributed by atoms with E-state index in [9.17, 15) is 8.42 Å². The second kappa shape index (κ2) is 5.28. The zero-order valence-electron chi connectivity index (χ0n) is 8.94. The molecule has 0 aliphatic carbocycles. The van der Waals surface area contributed by atoms with Gasteiger partial charge in [0.2, 0.25) is 0 Å². The minimum Gasteiger partial charge on any atom is -0.330 e. The fourth-order valence-corrected chi connectivity index (χ4v) is 2.27. The van der Waals surface area contributed by atoms with Gasteiger partial charge in [0.1, 0.15) is 0 Å². The lowest BCUT2D eigenvalue weighted by molar-refractivity contribution is 0.601. The summed E-state index contributed by atoms with van der Waals surface area (Å²) in [7, 11) is -2.94. The molecule has 15 heavy (non-hydrogen) atoms. The summed E-state index contributed by atoms with van der Waals surface area (Å²) in [4.78, 5) is 0. The van der Waals surface area contributed by atoms with Crippen LogP contribution in [0.1, 0.15) is 17.5 Å². The second-order valence-corrected chi connectivity index (χ2v) is 5.92. The van der Waals surface area contributed by atoms with Crippen LogP contribution < -0.4 is 5.73 Å². The SMILES string of the molecule is CS(=O)(=O)Cc1cccc(CCCN)c1. The molecular formula is C11H17NO2S. The van der Waals surface area contributed by atoms with E-state index in [1.165, 1.54) is 6.26 Å². The van der Waals surface area contributed by atoms with Crippen LogP contribution in [0.2, 0.25) is 0 Å². The molecule has 0 saturated carbocycles. The highest BCUT2D eigenvalue weighted by atomic mass is 32.2. The first-order valence-corrected chi connectivity index (χ1v) is 7.03. The fraction of sp³-hybridized carbons (Fsp3) is 0.455. The van der Waals surface area contributed by atoms with Crippen LogP contribution in [0.3, 0.4) is 0 Å². The largest absolute Gasteiger partial charge is 0.330 e. The zero-order chi connectivity index (χ0) is 11.3. The van der Waals surface area contributed by atoms with Crippen molar-refractivity contribution in [2.75, 3.05) is 12.8 Å². The first-order chi connectivity index (χ1) is 7.01. The van der Waals surface area contributed by atoms with Gasteiger partial charge in [0.05, 0.1) is 5.75 Å². The van der Waals surface area contributed by atoms with Crippen molar-refractivity contribution < 1.29 is 8.42 Å². The molecule has 0 aliphatic rings. The van der Waals surface area contributed by atoms with Crippen LogP contribution in [0, 0.1) is 0 Å². The van der Waals surface area contributed by atoms with Crippen LogP contribution >= 0.6 is 0 Å². The zero-order valence-corrected chi connectivity index (χ0v) is 9.76. The molecule has 0 saturated heterocycles. The van der Waals surface area contributed by atoms with Crippen molar-refractivity contribution in [1.82, 2.24) is 0 Å². The van der Waals surface area contributed by atoms with E-state index < -0.39 is 9.84 Å². The van der Waals surface area contributed by atoms with E-state index in [1.54, 1.807) is 0 Å². The molecule has 3 nitrogen and oxygen atoms in total. The lowest BCUT2D eigenvalue weighted by atomic mass is 10.1. The predicted molar refractivity (Wildman–Crippen MR) is 62.4 cm³/mol. The molecule has 0 spiro atoms. The third kappa shape index (κ3) is 4.95. The first-order valence-electron chi connectivity index (χ1n) is 4.97. The lowest BCUT2D eigenvalue weighted by Gasteiger charge is -2.03. The monoisotopic (exact) mass is 227 g/mol. The van der Waals surface area contributed by atoms with Gasteiger partial charge < -0.3 is 5.73 Å². The number of hydrogen-bond donors (Lipinski definition) is 1. The van der Waals surface area contributed by atoms with E-state index in [4.69, 9.17) is 5.73 Å². The molecule has 0 unspecified atom stereocenters. The molecule has 84 valence electrons.